The maximum Gasteiger partial charge on any atom is 0.0990 e. The first-order chi connectivity index (χ1) is 5.74. The predicted octanol–water partition coefficient (Wildman–Crippen LogP) is 3.48. The zero-order chi connectivity index (χ0) is 8.97. The molecule has 0 atom stereocenters. The smallest absolute Gasteiger partial charge is 0.0990 e. The van der Waals surface area contributed by atoms with E-state index in [1.165, 1.54) is 5.56 Å². The third-order valence-electron chi connectivity index (χ3n) is 1.31. The molecule has 0 aliphatic carbocycles. The van der Waals surface area contributed by atoms with Crippen molar-refractivity contribution in [1.82, 2.24) is 4.98 Å². The molecule has 1 heterocycles. The second-order valence-electron chi connectivity index (χ2n) is 2.31. The Bertz CT molecular complexity index is 267. The van der Waals surface area contributed by atoms with Crippen LogP contribution in [0.25, 0.3) is 0 Å². The molecule has 0 N–H and O–H groups in total. The summed E-state index contributed by atoms with van der Waals surface area (Å²) in [6.07, 6.45) is 1.81. The van der Waals surface area contributed by atoms with Crippen LogP contribution in [0.2, 0.25) is 0 Å². The van der Waals surface area contributed by atoms with Crippen LogP contribution in [0.3, 0.4) is 0 Å². The van der Waals surface area contributed by atoms with Crippen molar-refractivity contribution in [3.05, 3.63) is 22.3 Å². The van der Waals surface area contributed by atoms with Crippen molar-refractivity contribution in [2.45, 2.75) is 11.9 Å². The Morgan fingerprint density at radius 3 is 3.00 bits per heavy atom. The van der Waals surface area contributed by atoms with E-state index in [0.717, 1.165) is 15.3 Å². The van der Waals surface area contributed by atoms with Gasteiger partial charge in [0.15, 0.2) is 0 Å². The van der Waals surface area contributed by atoms with Crippen molar-refractivity contribution in [1.29, 1.82) is 0 Å². The van der Waals surface area contributed by atoms with E-state index < -0.39 is 0 Å². The number of rotatable bonds is 3. The van der Waals surface area contributed by atoms with E-state index in [1.54, 1.807) is 11.8 Å². The van der Waals surface area contributed by atoms with E-state index in [4.69, 9.17) is 11.6 Å². The van der Waals surface area contributed by atoms with Gasteiger partial charge >= 0.3 is 0 Å². The van der Waals surface area contributed by atoms with Gasteiger partial charge < -0.3 is 0 Å². The van der Waals surface area contributed by atoms with Crippen LogP contribution >= 0.6 is 39.3 Å². The van der Waals surface area contributed by atoms with E-state index in [2.05, 4.69) is 27.0 Å². The molecule has 4 heteroatoms. The third-order valence-corrected chi connectivity index (χ3v) is 3.27. The number of alkyl halides is 1. The largest absolute Gasteiger partial charge is 0.248 e. The lowest BCUT2D eigenvalue weighted by Gasteiger charge is -2.02. The van der Waals surface area contributed by atoms with Gasteiger partial charge in [-0.1, -0.05) is 0 Å². The number of hydrogen-bond donors (Lipinski definition) is 0. The van der Waals surface area contributed by atoms with Crippen molar-refractivity contribution in [2.75, 3.05) is 11.6 Å². The predicted molar refractivity (Wildman–Crippen MR) is 58.1 cm³/mol. The summed E-state index contributed by atoms with van der Waals surface area (Å²) >= 11 is 10.6. The molecule has 1 rings (SSSR count). The SMILES string of the molecule is Cc1cc(Br)cnc1SCCCl. The zero-order valence-electron chi connectivity index (χ0n) is 6.68. The molecular weight excluding hydrogens is 258 g/mol. The number of pyridine rings is 1. The van der Waals surface area contributed by atoms with Gasteiger partial charge in [0.1, 0.15) is 0 Å². The molecule has 12 heavy (non-hydrogen) atoms. The summed E-state index contributed by atoms with van der Waals surface area (Å²) in [5.41, 5.74) is 1.19. The first-order valence-electron chi connectivity index (χ1n) is 3.55. The Balaban J connectivity index is 2.72. The summed E-state index contributed by atoms with van der Waals surface area (Å²) in [4.78, 5) is 4.27. The highest BCUT2D eigenvalue weighted by molar-refractivity contribution is 9.10. The average Bonchev–Trinajstić information content (AvgIpc) is 2.03. The summed E-state index contributed by atoms with van der Waals surface area (Å²) in [5.74, 6) is 1.58. The lowest BCUT2D eigenvalue weighted by Crippen LogP contribution is -1.87. The number of thioether (sulfide) groups is 1. The number of nitrogens with zero attached hydrogens (tertiary/aromatic N) is 1. The molecule has 1 aromatic rings. The molecule has 0 aromatic carbocycles. The number of aromatic nitrogens is 1. The Kier molecular flexibility index (Phi) is 4.40. The highest BCUT2D eigenvalue weighted by atomic mass is 79.9. The lowest BCUT2D eigenvalue weighted by atomic mass is 10.3. The molecule has 66 valence electrons. The van der Waals surface area contributed by atoms with E-state index in [-0.39, 0.29) is 0 Å². The maximum absolute atomic E-state index is 5.58. The molecular formula is C8H9BrClNS. The lowest BCUT2D eigenvalue weighted by molar-refractivity contribution is 1.07. The van der Waals surface area contributed by atoms with Crippen molar-refractivity contribution >= 4 is 39.3 Å². The topological polar surface area (TPSA) is 12.9 Å². The van der Waals surface area contributed by atoms with Crippen LogP contribution in [0.1, 0.15) is 5.56 Å². The second kappa shape index (κ2) is 5.10. The molecule has 0 spiro atoms. The molecule has 0 aliphatic heterocycles. The minimum absolute atomic E-state index is 0.669. The normalized spacial score (nSPS) is 10.2. The van der Waals surface area contributed by atoms with Crippen LogP contribution in [-0.2, 0) is 0 Å². The van der Waals surface area contributed by atoms with Crippen molar-refractivity contribution in [3.8, 4) is 0 Å². The molecule has 0 unspecified atom stereocenters. The van der Waals surface area contributed by atoms with Gasteiger partial charge in [0.2, 0.25) is 0 Å². The van der Waals surface area contributed by atoms with Crippen LogP contribution in [0.15, 0.2) is 21.8 Å². The summed E-state index contributed by atoms with van der Waals surface area (Å²) in [5, 5.41) is 1.07. The van der Waals surface area contributed by atoms with Crippen molar-refractivity contribution in [3.63, 3.8) is 0 Å². The van der Waals surface area contributed by atoms with Gasteiger partial charge in [0.05, 0.1) is 5.03 Å². The Morgan fingerprint density at radius 1 is 1.67 bits per heavy atom. The summed E-state index contributed by atoms with van der Waals surface area (Å²) in [6, 6.07) is 2.06. The zero-order valence-corrected chi connectivity index (χ0v) is 9.84. The molecule has 0 saturated heterocycles. The van der Waals surface area contributed by atoms with Crippen LogP contribution < -0.4 is 0 Å². The molecule has 0 radical (unpaired) electrons. The van der Waals surface area contributed by atoms with Gasteiger partial charge in [0.25, 0.3) is 0 Å². The monoisotopic (exact) mass is 265 g/mol. The molecule has 0 fully saturated rings. The van der Waals surface area contributed by atoms with E-state index in [1.807, 2.05) is 13.1 Å². The van der Waals surface area contributed by atoms with E-state index in [0.29, 0.717) is 5.88 Å². The minimum Gasteiger partial charge on any atom is -0.248 e. The van der Waals surface area contributed by atoms with Crippen LogP contribution in [0.4, 0.5) is 0 Å². The fraction of sp³-hybridized carbons (Fsp3) is 0.375. The Morgan fingerprint density at radius 2 is 2.42 bits per heavy atom. The van der Waals surface area contributed by atoms with Gasteiger partial charge in [-0.3, -0.25) is 0 Å². The first-order valence-corrected chi connectivity index (χ1v) is 5.86. The van der Waals surface area contributed by atoms with E-state index >= 15 is 0 Å². The van der Waals surface area contributed by atoms with Gasteiger partial charge in [-0.05, 0) is 34.5 Å². The number of aryl methyl sites for hydroxylation is 1. The second-order valence-corrected chi connectivity index (χ2v) is 4.69. The fourth-order valence-electron chi connectivity index (χ4n) is 0.814. The van der Waals surface area contributed by atoms with Gasteiger partial charge in [-0.25, -0.2) is 4.98 Å². The number of hydrogen-bond acceptors (Lipinski definition) is 2. The van der Waals surface area contributed by atoms with Crippen molar-refractivity contribution < 1.29 is 0 Å². The van der Waals surface area contributed by atoms with Crippen LogP contribution in [0.5, 0.6) is 0 Å². The van der Waals surface area contributed by atoms with Crippen molar-refractivity contribution in [2.24, 2.45) is 0 Å². The van der Waals surface area contributed by atoms with E-state index in [9.17, 15) is 0 Å². The molecule has 1 nitrogen and oxygen atoms in total. The summed E-state index contributed by atoms with van der Waals surface area (Å²) in [6.45, 7) is 2.05. The summed E-state index contributed by atoms with van der Waals surface area (Å²) in [7, 11) is 0. The highest BCUT2D eigenvalue weighted by Crippen LogP contribution is 2.22. The molecule has 0 saturated carbocycles. The fourth-order valence-corrected chi connectivity index (χ4v) is 2.18. The molecule has 0 aliphatic rings. The minimum atomic E-state index is 0.669. The summed E-state index contributed by atoms with van der Waals surface area (Å²) < 4.78 is 1.02. The van der Waals surface area contributed by atoms with Gasteiger partial charge in [-0.15, -0.1) is 23.4 Å². The maximum atomic E-state index is 5.58. The Labute approximate surface area is 90.0 Å². The molecule has 0 amide bonds. The molecule has 1 aromatic heterocycles. The highest BCUT2D eigenvalue weighted by Gasteiger charge is 2.00. The Hall–Kier alpha value is 0.270. The van der Waals surface area contributed by atoms with Gasteiger partial charge in [-0.2, -0.15) is 0 Å². The first kappa shape index (κ1) is 10.4. The number of halogens is 2. The standard InChI is InChI=1S/C8H9BrClNS/c1-6-4-7(9)5-11-8(6)12-3-2-10/h4-5H,2-3H2,1H3. The quantitative estimate of drug-likeness (QED) is 0.614. The third kappa shape index (κ3) is 2.96. The van der Waals surface area contributed by atoms with Crippen LogP contribution in [-0.4, -0.2) is 16.6 Å². The van der Waals surface area contributed by atoms with Crippen LogP contribution in [0, 0.1) is 6.92 Å². The molecule has 0 bridgehead atoms. The van der Waals surface area contributed by atoms with Gasteiger partial charge in [0, 0.05) is 22.3 Å². The average molecular weight is 267 g/mol.